The summed E-state index contributed by atoms with van der Waals surface area (Å²) in [4.78, 5) is 23.4. The number of nitrogens with zero attached hydrogens (tertiary/aromatic N) is 1. The number of fused-ring (bicyclic) bond motifs is 1. The van der Waals surface area contributed by atoms with Gasteiger partial charge in [0, 0.05) is 17.5 Å². The van der Waals surface area contributed by atoms with Crippen molar-refractivity contribution in [3.8, 4) is 0 Å². The molecule has 6 nitrogen and oxygen atoms in total. The van der Waals surface area contributed by atoms with Crippen LogP contribution in [0.1, 0.15) is 23.8 Å². The van der Waals surface area contributed by atoms with Gasteiger partial charge in [0.25, 0.3) is 0 Å². The predicted molar refractivity (Wildman–Crippen MR) is 70.6 cm³/mol. The van der Waals surface area contributed by atoms with Crippen LogP contribution in [-0.4, -0.2) is 29.1 Å². The van der Waals surface area contributed by atoms with E-state index >= 15 is 0 Å². The Balaban J connectivity index is 2.25. The van der Waals surface area contributed by atoms with Crippen molar-refractivity contribution in [3.63, 3.8) is 0 Å². The lowest BCUT2D eigenvalue weighted by atomic mass is 10.0. The zero-order valence-corrected chi connectivity index (χ0v) is 10.8. The summed E-state index contributed by atoms with van der Waals surface area (Å²) in [6.45, 7) is 1.65. The maximum absolute atomic E-state index is 12.1. The van der Waals surface area contributed by atoms with Crippen LogP contribution in [0.2, 0.25) is 0 Å². The topological polar surface area (TPSA) is 98.1 Å². The molecule has 0 unspecified atom stereocenters. The summed E-state index contributed by atoms with van der Waals surface area (Å²) in [5.74, 6) is -1.09. The molecule has 2 rings (SSSR count). The fraction of sp³-hybridized carbons (Fsp3) is 0.308. The molecule has 3 N–H and O–H groups in total. The van der Waals surface area contributed by atoms with Gasteiger partial charge < -0.3 is 10.5 Å². The summed E-state index contributed by atoms with van der Waals surface area (Å²) >= 11 is 0. The summed E-state index contributed by atoms with van der Waals surface area (Å²) in [6.07, 6.45) is 0.0665. The minimum absolute atomic E-state index is 0.0665. The molecular formula is C13H15N3O3. The van der Waals surface area contributed by atoms with E-state index in [4.69, 9.17) is 5.73 Å². The van der Waals surface area contributed by atoms with Crippen molar-refractivity contribution in [2.45, 2.75) is 13.3 Å². The first-order valence-corrected chi connectivity index (χ1v) is 5.87. The van der Waals surface area contributed by atoms with Crippen molar-refractivity contribution in [3.05, 3.63) is 23.9 Å². The van der Waals surface area contributed by atoms with Crippen LogP contribution in [0.4, 0.5) is 5.69 Å². The van der Waals surface area contributed by atoms with E-state index in [-0.39, 0.29) is 12.2 Å². The van der Waals surface area contributed by atoms with Gasteiger partial charge in [0.15, 0.2) is 5.78 Å². The molecule has 0 aliphatic heterocycles. The molecule has 2 aromatic rings. The lowest BCUT2D eigenvalue weighted by Gasteiger charge is -2.06. The number of ketones is 1. The van der Waals surface area contributed by atoms with Gasteiger partial charge >= 0.3 is 5.97 Å². The van der Waals surface area contributed by atoms with Crippen LogP contribution in [0.5, 0.6) is 0 Å². The number of nitrogens with two attached hydrogens (primary N) is 1. The molecule has 0 saturated heterocycles. The molecule has 100 valence electrons. The number of aromatic amines is 1. The molecule has 0 aliphatic rings. The third-order valence-corrected chi connectivity index (χ3v) is 2.95. The van der Waals surface area contributed by atoms with Crippen molar-refractivity contribution in [1.29, 1.82) is 0 Å². The lowest BCUT2D eigenvalue weighted by Crippen LogP contribution is -2.17. The number of ether oxygens (including phenoxy) is 1. The number of carbonyl (C=O) groups excluding carboxylic acids is 2. The second-order valence-electron chi connectivity index (χ2n) is 4.43. The standard InChI is InChI=1S/C13H15N3O3/c1-7(13(18)19-2)5-11(17)12-9-4-3-8(14)6-10(9)15-16-12/h3-4,6-7H,5,14H2,1-2H3,(H,15,16)/t7-/m1/s1. The number of nitrogens with one attached hydrogen (secondary N) is 1. The lowest BCUT2D eigenvalue weighted by molar-refractivity contribution is -0.144. The molecule has 1 atom stereocenters. The molecule has 0 saturated carbocycles. The quantitative estimate of drug-likeness (QED) is 0.494. The molecule has 1 heterocycles. The highest BCUT2D eigenvalue weighted by molar-refractivity contribution is 6.07. The van der Waals surface area contributed by atoms with Crippen LogP contribution < -0.4 is 5.73 Å². The zero-order valence-electron chi connectivity index (χ0n) is 10.8. The van der Waals surface area contributed by atoms with Crippen LogP contribution in [0, 0.1) is 5.92 Å². The van der Waals surface area contributed by atoms with Crippen LogP contribution >= 0.6 is 0 Å². The summed E-state index contributed by atoms with van der Waals surface area (Å²) in [5.41, 5.74) is 7.28. The van der Waals surface area contributed by atoms with E-state index in [9.17, 15) is 9.59 Å². The number of rotatable bonds is 4. The largest absolute Gasteiger partial charge is 0.469 e. The highest BCUT2D eigenvalue weighted by Gasteiger charge is 2.21. The smallest absolute Gasteiger partial charge is 0.308 e. The molecular weight excluding hydrogens is 246 g/mol. The first-order valence-electron chi connectivity index (χ1n) is 5.87. The monoisotopic (exact) mass is 261 g/mol. The Kier molecular flexibility index (Phi) is 3.50. The summed E-state index contributed by atoms with van der Waals surface area (Å²) in [7, 11) is 1.30. The van der Waals surface area contributed by atoms with Crippen molar-refractivity contribution in [2.75, 3.05) is 12.8 Å². The number of Topliss-reactive ketones (excluding diaryl/α,β-unsaturated/α-hetero) is 1. The number of carbonyl (C=O) groups is 2. The van der Waals surface area contributed by atoms with E-state index < -0.39 is 11.9 Å². The molecule has 6 heteroatoms. The van der Waals surface area contributed by atoms with Crippen molar-refractivity contribution < 1.29 is 14.3 Å². The van der Waals surface area contributed by atoms with E-state index in [1.807, 2.05) is 0 Å². The van der Waals surface area contributed by atoms with Gasteiger partial charge in [-0.3, -0.25) is 14.7 Å². The minimum atomic E-state index is -0.488. The van der Waals surface area contributed by atoms with Crippen LogP contribution in [0.3, 0.4) is 0 Å². The second-order valence-corrected chi connectivity index (χ2v) is 4.43. The van der Waals surface area contributed by atoms with Crippen molar-refractivity contribution in [1.82, 2.24) is 10.2 Å². The van der Waals surface area contributed by atoms with Crippen molar-refractivity contribution >= 4 is 28.3 Å². The molecule has 0 aliphatic carbocycles. The maximum atomic E-state index is 12.1. The summed E-state index contributed by atoms with van der Waals surface area (Å²) in [5, 5.41) is 7.46. The van der Waals surface area contributed by atoms with Gasteiger partial charge in [-0.1, -0.05) is 6.92 Å². The van der Waals surface area contributed by atoms with E-state index in [0.717, 1.165) is 0 Å². The SMILES string of the molecule is COC(=O)[C@H](C)CC(=O)c1n[nH]c2cc(N)ccc12. The highest BCUT2D eigenvalue weighted by Crippen LogP contribution is 2.21. The molecule has 0 amide bonds. The Bertz CT molecular complexity index is 633. The third kappa shape index (κ3) is 2.57. The van der Waals surface area contributed by atoms with Gasteiger partial charge in [0.1, 0.15) is 5.69 Å². The number of methoxy groups -OCH3 is 1. The molecule has 0 bridgehead atoms. The van der Waals surface area contributed by atoms with Crippen LogP contribution in [0.15, 0.2) is 18.2 Å². The Morgan fingerprint density at radius 1 is 1.47 bits per heavy atom. The number of hydrogen-bond acceptors (Lipinski definition) is 5. The minimum Gasteiger partial charge on any atom is -0.469 e. The fourth-order valence-corrected chi connectivity index (χ4v) is 1.91. The molecule has 0 spiro atoms. The Morgan fingerprint density at radius 2 is 2.21 bits per heavy atom. The molecule has 0 radical (unpaired) electrons. The van der Waals surface area contributed by atoms with Gasteiger partial charge in [0.05, 0.1) is 18.5 Å². The number of anilines is 1. The first-order chi connectivity index (χ1) is 9.02. The number of nitrogen functional groups attached to an aromatic ring is 1. The molecule has 1 aromatic carbocycles. The summed E-state index contributed by atoms with van der Waals surface area (Å²) < 4.78 is 4.60. The van der Waals surface area contributed by atoms with Gasteiger partial charge in [-0.15, -0.1) is 0 Å². The van der Waals surface area contributed by atoms with Crippen LogP contribution in [-0.2, 0) is 9.53 Å². The van der Waals surface area contributed by atoms with Gasteiger partial charge in [0.2, 0.25) is 0 Å². The molecule has 0 fully saturated rings. The van der Waals surface area contributed by atoms with Gasteiger partial charge in [-0.25, -0.2) is 0 Å². The Labute approximate surface area is 109 Å². The average molecular weight is 261 g/mol. The van der Waals surface area contributed by atoms with Crippen LogP contribution in [0.25, 0.3) is 10.9 Å². The van der Waals surface area contributed by atoms with Gasteiger partial charge in [-0.2, -0.15) is 5.10 Å². The van der Waals surface area contributed by atoms with Gasteiger partial charge in [-0.05, 0) is 18.2 Å². The van der Waals surface area contributed by atoms with E-state index in [1.165, 1.54) is 7.11 Å². The molecule has 19 heavy (non-hydrogen) atoms. The second kappa shape index (κ2) is 5.09. The van der Waals surface area contributed by atoms with Crippen molar-refractivity contribution in [2.24, 2.45) is 5.92 Å². The normalized spacial score (nSPS) is 12.3. The maximum Gasteiger partial charge on any atom is 0.308 e. The van der Waals surface area contributed by atoms with E-state index in [2.05, 4.69) is 14.9 Å². The average Bonchev–Trinajstić information content (AvgIpc) is 2.80. The van der Waals surface area contributed by atoms with E-state index in [0.29, 0.717) is 22.3 Å². The fourth-order valence-electron chi connectivity index (χ4n) is 1.91. The Hall–Kier alpha value is -2.37. The summed E-state index contributed by atoms with van der Waals surface area (Å²) in [6, 6.07) is 5.16. The number of aromatic nitrogens is 2. The first kappa shape index (κ1) is 13.1. The third-order valence-electron chi connectivity index (χ3n) is 2.95. The number of H-pyrrole nitrogens is 1. The predicted octanol–water partition coefficient (Wildman–Crippen LogP) is 1.53. The number of esters is 1. The number of benzene rings is 1. The molecule has 1 aromatic heterocycles. The Morgan fingerprint density at radius 3 is 2.89 bits per heavy atom. The number of hydrogen-bond donors (Lipinski definition) is 2. The van der Waals surface area contributed by atoms with E-state index in [1.54, 1.807) is 25.1 Å². The highest BCUT2D eigenvalue weighted by atomic mass is 16.5. The zero-order chi connectivity index (χ0) is 14.0.